The van der Waals surface area contributed by atoms with Crippen molar-refractivity contribution in [1.82, 2.24) is 4.57 Å². The molecule has 0 bridgehead atoms. The van der Waals surface area contributed by atoms with Crippen molar-refractivity contribution in [1.29, 1.82) is 0 Å². The highest BCUT2D eigenvalue weighted by molar-refractivity contribution is 6.30. The van der Waals surface area contributed by atoms with Gasteiger partial charge in [-0.05, 0) is 55.0 Å². The van der Waals surface area contributed by atoms with Crippen LogP contribution in [0.2, 0.25) is 5.02 Å². The second kappa shape index (κ2) is 6.61. The van der Waals surface area contributed by atoms with Gasteiger partial charge >= 0.3 is 5.97 Å². The van der Waals surface area contributed by atoms with Gasteiger partial charge in [0.1, 0.15) is 5.75 Å². The van der Waals surface area contributed by atoms with Crippen LogP contribution in [0.3, 0.4) is 0 Å². The van der Waals surface area contributed by atoms with Gasteiger partial charge < -0.3 is 9.84 Å². The van der Waals surface area contributed by atoms with Crippen molar-refractivity contribution in [3.8, 4) is 5.75 Å². The molecule has 3 aromatic rings. The Morgan fingerprint density at radius 3 is 2.52 bits per heavy atom. The van der Waals surface area contributed by atoms with Gasteiger partial charge in [-0.25, -0.2) is 0 Å². The molecule has 0 saturated heterocycles. The van der Waals surface area contributed by atoms with Gasteiger partial charge in [0.2, 0.25) is 0 Å². The van der Waals surface area contributed by atoms with Crippen LogP contribution >= 0.6 is 11.6 Å². The van der Waals surface area contributed by atoms with E-state index < -0.39 is 5.97 Å². The second-order valence-electron chi connectivity index (χ2n) is 5.67. The average Bonchev–Trinajstić information content (AvgIpc) is 2.86. The smallest absolute Gasteiger partial charge is 0.307 e. The first kappa shape index (κ1) is 17.0. The first-order chi connectivity index (χ1) is 11.9. The monoisotopic (exact) mass is 359 g/mol. The molecule has 1 N–H and O–H groups in total. The Hall–Kier alpha value is -2.79. The van der Waals surface area contributed by atoms with Crippen LogP contribution in [0.4, 0.5) is 0 Å². The molecule has 0 radical (unpaired) electrons. The van der Waals surface area contributed by atoms with E-state index in [1.165, 1.54) is 4.57 Å². The summed E-state index contributed by atoms with van der Waals surface area (Å²) < 4.78 is 6.77. The number of carbonyl (C=O) groups excluding carboxylic acids is 1. The molecule has 5 nitrogen and oxygen atoms in total. The van der Waals surface area contributed by atoms with Crippen LogP contribution < -0.4 is 4.74 Å². The van der Waals surface area contributed by atoms with Gasteiger partial charge in [-0.1, -0.05) is 11.6 Å². The van der Waals surface area contributed by atoms with Crippen LogP contribution in [-0.2, 0) is 11.2 Å². The predicted octanol–water partition coefficient (Wildman–Crippen LogP) is 3.93. The van der Waals surface area contributed by atoms with Gasteiger partial charge in [0.25, 0.3) is 5.91 Å². The van der Waals surface area contributed by atoms with Crippen molar-refractivity contribution in [3.63, 3.8) is 0 Å². The summed E-state index contributed by atoms with van der Waals surface area (Å²) in [6.07, 6.45) is -0.170. The average molecular weight is 360 g/mol. The number of ether oxygens (including phenoxy) is 1. The Bertz CT molecular complexity index is 973. The van der Waals surface area contributed by atoms with E-state index in [0.717, 1.165) is 0 Å². The van der Waals surface area contributed by atoms with E-state index in [4.69, 9.17) is 16.3 Å². The van der Waals surface area contributed by atoms with E-state index in [9.17, 15) is 14.7 Å². The first-order valence-electron chi connectivity index (χ1n) is 7.62. The Labute approximate surface area is 149 Å². The van der Waals surface area contributed by atoms with E-state index in [2.05, 4.69) is 0 Å². The highest BCUT2D eigenvalue weighted by Crippen LogP contribution is 2.30. The fraction of sp³-hybridized carbons (Fsp3) is 0.158. The lowest BCUT2D eigenvalue weighted by atomic mass is 10.1. The molecule has 25 heavy (non-hydrogen) atoms. The van der Waals surface area contributed by atoms with E-state index in [0.29, 0.717) is 38.5 Å². The maximum Gasteiger partial charge on any atom is 0.307 e. The highest BCUT2D eigenvalue weighted by Gasteiger charge is 2.21. The lowest BCUT2D eigenvalue weighted by molar-refractivity contribution is -0.136. The van der Waals surface area contributed by atoms with Crippen molar-refractivity contribution < 1.29 is 19.4 Å². The number of nitrogens with zero attached hydrogens (tertiary/aromatic N) is 1. The number of fused-ring (bicyclic) bond motifs is 1. The third kappa shape index (κ3) is 3.10. The lowest BCUT2D eigenvalue weighted by Crippen LogP contribution is -2.14. The van der Waals surface area contributed by atoms with Crippen LogP contribution in [0, 0.1) is 6.92 Å². The number of methoxy groups -OCH3 is 1. The molecule has 1 aromatic heterocycles. The molecule has 0 aliphatic rings. The zero-order valence-corrected chi connectivity index (χ0v) is 14.5. The number of aromatic nitrogens is 1. The Kier molecular flexibility index (Phi) is 4.51. The van der Waals surface area contributed by atoms with Crippen LogP contribution in [0.25, 0.3) is 10.9 Å². The number of hydrogen-bond donors (Lipinski definition) is 1. The minimum absolute atomic E-state index is 0.170. The van der Waals surface area contributed by atoms with Gasteiger partial charge in [-0.15, -0.1) is 0 Å². The van der Waals surface area contributed by atoms with E-state index >= 15 is 0 Å². The quantitative estimate of drug-likeness (QED) is 0.717. The fourth-order valence-electron chi connectivity index (χ4n) is 2.95. The Balaban J connectivity index is 2.23. The molecule has 0 spiro atoms. The number of aliphatic carboxylic acids is 1. The molecule has 6 heteroatoms. The molecule has 0 fully saturated rings. The normalized spacial score (nSPS) is 10.8. The van der Waals surface area contributed by atoms with Crippen LogP contribution in [0.15, 0.2) is 42.5 Å². The molecule has 0 saturated carbocycles. The summed E-state index contributed by atoms with van der Waals surface area (Å²) in [7, 11) is 1.54. The molecule has 0 amide bonds. The van der Waals surface area contributed by atoms with Crippen molar-refractivity contribution >= 4 is 34.4 Å². The molecular formula is C19H16ClNO4. The number of carboxylic acids is 1. The Morgan fingerprint density at radius 2 is 1.92 bits per heavy atom. The van der Waals surface area contributed by atoms with Crippen molar-refractivity contribution in [2.75, 3.05) is 7.11 Å². The minimum atomic E-state index is -0.955. The summed E-state index contributed by atoms with van der Waals surface area (Å²) in [6.45, 7) is 1.75. The number of benzene rings is 2. The summed E-state index contributed by atoms with van der Waals surface area (Å²) in [5, 5.41) is 10.5. The molecule has 0 unspecified atom stereocenters. The second-order valence-corrected chi connectivity index (χ2v) is 6.10. The summed E-state index contributed by atoms with van der Waals surface area (Å²) in [4.78, 5) is 24.3. The first-order valence-corrected chi connectivity index (χ1v) is 8.00. The number of rotatable bonds is 4. The number of carboxylic acid groups (broad SMARTS) is 1. The zero-order chi connectivity index (χ0) is 18.1. The van der Waals surface area contributed by atoms with Crippen molar-refractivity contribution in [3.05, 3.63) is 64.3 Å². The fourth-order valence-corrected chi connectivity index (χ4v) is 3.07. The van der Waals surface area contributed by atoms with Crippen molar-refractivity contribution in [2.45, 2.75) is 13.3 Å². The number of halogens is 1. The molecule has 128 valence electrons. The van der Waals surface area contributed by atoms with Crippen LogP contribution in [0.1, 0.15) is 21.6 Å². The standard InChI is InChI=1S/C19H16ClNO4/c1-11-15(10-18(22)23)16-9-14(25-2)7-8-17(16)21(11)19(24)12-3-5-13(20)6-4-12/h3-9H,10H2,1-2H3,(H,22,23)/i24+2. The van der Waals surface area contributed by atoms with Crippen LogP contribution in [0.5, 0.6) is 5.75 Å². The molecule has 3 rings (SSSR count). The number of hydrogen-bond acceptors (Lipinski definition) is 3. The van der Waals surface area contributed by atoms with Crippen molar-refractivity contribution in [2.24, 2.45) is 0 Å². The van der Waals surface area contributed by atoms with E-state index in [-0.39, 0.29) is 12.3 Å². The van der Waals surface area contributed by atoms with E-state index in [1.807, 2.05) is 0 Å². The Morgan fingerprint density at radius 1 is 1.24 bits per heavy atom. The van der Waals surface area contributed by atoms with E-state index in [1.54, 1.807) is 56.5 Å². The lowest BCUT2D eigenvalue weighted by Gasteiger charge is -2.08. The largest absolute Gasteiger partial charge is 0.497 e. The molecule has 0 aliphatic carbocycles. The third-order valence-corrected chi connectivity index (χ3v) is 4.42. The third-order valence-electron chi connectivity index (χ3n) is 4.16. The maximum atomic E-state index is 13.0. The molecule has 2 aromatic carbocycles. The van der Waals surface area contributed by atoms with Gasteiger partial charge in [-0.2, -0.15) is 0 Å². The molecular weight excluding hydrogens is 344 g/mol. The summed E-state index contributed by atoms with van der Waals surface area (Å²) >= 11 is 5.89. The highest BCUT2D eigenvalue weighted by atomic mass is 35.5. The molecule has 0 aliphatic heterocycles. The van der Waals surface area contributed by atoms with Gasteiger partial charge in [0, 0.05) is 21.7 Å². The minimum Gasteiger partial charge on any atom is -0.497 e. The van der Waals surface area contributed by atoms with Gasteiger partial charge in [0.05, 0.1) is 19.0 Å². The van der Waals surface area contributed by atoms with Gasteiger partial charge in [0.15, 0.2) is 0 Å². The topological polar surface area (TPSA) is 68.5 Å². The predicted molar refractivity (Wildman–Crippen MR) is 95.7 cm³/mol. The van der Waals surface area contributed by atoms with Crippen LogP contribution in [-0.4, -0.2) is 28.7 Å². The SMILES string of the molecule is COc1ccc2c(c1)c(CC(=O)O)c(C)n2C(=[18O])c1ccc(Cl)cc1. The number of carbonyl (C=O) groups is 2. The summed E-state index contributed by atoms with van der Waals surface area (Å²) in [5.74, 6) is -0.583. The molecule has 1 heterocycles. The zero-order valence-electron chi connectivity index (χ0n) is 13.7. The van der Waals surface area contributed by atoms with Gasteiger partial charge in [-0.3, -0.25) is 14.2 Å². The summed E-state index contributed by atoms with van der Waals surface area (Å²) in [6, 6.07) is 11.9. The summed E-state index contributed by atoms with van der Waals surface area (Å²) in [5.41, 5.74) is 2.32. The maximum absolute atomic E-state index is 13.0. The molecule has 0 atom stereocenters.